The topological polar surface area (TPSA) is 56.1 Å². The molecule has 0 fully saturated rings. The van der Waals surface area contributed by atoms with Gasteiger partial charge in [0.1, 0.15) is 10.8 Å². The summed E-state index contributed by atoms with van der Waals surface area (Å²) < 4.78 is 7.18. The Morgan fingerprint density at radius 3 is 2.62 bits per heavy atom. The first-order valence-electron chi connectivity index (χ1n) is 7.97. The largest absolute Gasteiger partial charge is 0.483 e. The molecule has 0 atom stereocenters. The summed E-state index contributed by atoms with van der Waals surface area (Å²) in [6.45, 7) is 2.32. The molecule has 0 saturated heterocycles. The summed E-state index contributed by atoms with van der Waals surface area (Å²) in [5.74, 6) is 0.646. The van der Waals surface area contributed by atoms with Crippen LogP contribution in [0.1, 0.15) is 11.1 Å². The van der Waals surface area contributed by atoms with Crippen molar-refractivity contribution in [2.24, 2.45) is 0 Å². The molecule has 26 heavy (non-hydrogen) atoms. The highest BCUT2D eigenvalue weighted by molar-refractivity contribution is 6.33. The lowest BCUT2D eigenvalue weighted by Crippen LogP contribution is -2.21. The van der Waals surface area contributed by atoms with E-state index in [1.807, 2.05) is 55.5 Å². The monoisotopic (exact) mass is 389 g/mol. The van der Waals surface area contributed by atoms with Crippen molar-refractivity contribution in [3.8, 4) is 5.75 Å². The van der Waals surface area contributed by atoms with Gasteiger partial charge in [0.05, 0.1) is 6.54 Å². The molecule has 0 radical (unpaired) electrons. The summed E-state index contributed by atoms with van der Waals surface area (Å²) >= 11 is 12.0. The van der Waals surface area contributed by atoms with Crippen LogP contribution >= 0.6 is 23.2 Å². The van der Waals surface area contributed by atoms with Crippen LogP contribution in [0.4, 0.5) is 5.82 Å². The zero-order chi connectivity index (χ0) is 18.5. The Morgan fingerprint density at radius 1 is 1.15 bits per heavy atom. The lowest BCUT2D eigenvalue weighted by atomic mass is 10.2. The average Bonchev–Trinajstić information content (AvgIpc) is 2.95. The molecule has 134 valence electrons. The zero-order valence-electron chi connectivity index (χ0n) is 14.1. The van der Waals surface area contributed by atoms with Gasteiger partial charge in [-0.2, -0.15) is 5.10 Å². The number of carbonyl (C=O) groups is 1. The van der Waals surface area contributed by atoms with Gasteiger partial charge in [0, 0.05) is 11.2 Å². The second kappa shape index (κ2) is 8.25. The van der Waals surface area contributed by atoms with Crippen LogP contribution in [0.5, 0.6) is 5.75 Å². The number of hydrogen-bond donors (Lipinski definition) is 1. The Morgan fingerprint density at radius 2 is 1.88 bits per heavy atom. The quantitative estimate of drug-likeness (QED) is 0.671. The molecule has 0 saturated carbocycles. The summed E-state index contributed by atoms with van der Waals surface area (Å²) in [7, 11) is 0. The van der Waals surface area contributed by atoms with Crippen LogP contribution in [-0.2, 0) is 11.3 Å². The first-order valence-corrected chi connectivity index (χ1v) is 8.72. The summed E-state index contributed by atoms with van der Waals surface area (Å²) in [5, 5.41) is 8.01. The molecule has 0 aliphatic rings. The Kier molecular flexibility index (Phi) is 5.81. The van der Waals surface area contributed by atoms with Crippen LogP contribution in [0.2, 0.25) is 10.0 Å². The third kappa shape index (κ3) is 4.77. The van der Waals surface area contributed by atoms with Crippen LogP contribution in [-0.4, -0.2) is 22.3 Å². The number of aryl methyl sites for hydroxylation is 1. The summed E-state index contributed by atoms with van der Waals surface area (Å²) in [4.78, 5) is 12.1. The van der Waals surface area contributed by atoms with Crippen LogP contribution in [0.25, 0.3) is 0 Å². The number of para-hydroxylation sites is 1. The van der Waals surface area contributed by atoms with Crippen molar-refractivity contribution in [2.45, 2.75) is 13.5 Å². The van der Waals surface area contributed by atoms with E-state index in [1.165, 1.54) is 0 Å². The molecule has 0 aliphatic heterocycles. The number of anilines is 1. The van der Waals surface area contributed by atoms with Crippen molar-refractivity contribution in [3.05, 3.63) is 75.9 Å². The van der Waals surface area contributed by atoms with Crippen LogP contribution in [0.15, 0.2) is 54.7 Å². The molecule has 1 amide bonds. The molecule has 0 unspecified atom stereocenters. The molecule has 5 nitrogen and oxygen atoms in total. The molecule has 0 bridgehead atoms. The Labute approximate surface area is 161 Å². The van der Waals surface area contributed by atoms with Gasteiger partial charge in [-0.1, -0.05) is 53.5 Å². The predicted molar refractivity (Wildman–Crippen MR) is 103 cm³/mol. The third-order valence-corrected chi connectivity index (χ3v) is 4.21. The molecule has 2 aromatic carbocycles. The van der Waals surface area contributed by atoms with E-state index in [9.17, 15) is 4.79 Å². The van der Waals surface area contributed by atoms with Gasteiger partial charge in [-0.3, -0.25) is 9.48 Å². The van der Waals surface area contributed by atoms with Gasteiger partial charge in [0.2, 0.25) is 0 Å². The van der Waals surface area contributed by atoms with E-state index in [-0.39, 0.29) is 12.5 Å². The Hall–Kier alpha value is -2.50. The molecule has 0 spiro atoms. The number of nitrogens with one attached hydrogen (secondary N) is 1. The molecular formula is C19H17Cl2N3O2. The fourth-order valence-corrected chi connectivity index (χ4v) is 2.69. The second-order valence-corrected chi connectivity index (χ2v) is 6.60. The number of rotatable bonds is 6. The molecule has 3 aromatic rings. The molecule has 1 N–H and O–H groups in total. The number of hydrogen-bond acceptors (Lipinski definition) is 3. The maximum Gasteiger partial charge on any atom is 0.263 e. The fraction of sp³-hybridized carbons (Fsp3) is 0.158. The number of benzene rings is 2. The van der Waals surface area contributed by atoms with Crippen molar-refractivity contribution < 1.29 is 9.53 Å². The summed E-state index contributed by atoms with van der Waals surface area (Å²) in [6, 6.07) is 14.9. The summed E-state index contributed by atoms with van der Waals surface area (Å²) in [6.07, 6.45) is 1.66. The molecule has 3 rings (SSSR count). The highest BCUT2D eigenvalue weighted by Crippen LogP contribution is 2.21. The second-order valence-electron chi connectivity index (χ2n) is 5.75. The normalized spacial score (nSPS) is 10.6. The SMILES string of the molecule is Cc1ccccc1OCC(=O)Nc1nn(Cc2ccc(Cl)cc2)cc1Cl. The van der Waals surface area contributed by atoms with E-state index in [0.29, 0.717) is 28.2 Å². The van der Waals surface area contributed by atoms with E-state index in [0.717, 1.165) is 11.1 Å². The Bertz CT molecular complexity index is 907. The number of carbonyl (C=O) groups excluding carboxylic acids is 1. The number of amides is 1. The van der Waals surface area contributed by atoms with Gasteiger partial charge in [0.25, 0.3) is 5.91 Å². The fourth-order valence-electron chi connectivity index (χ4n) is 2.37. The van der Waals surface area contributed by atoms with Crippen molar-refractivity contribution in [1.82, 2.24) is 9.78 Å². The maximum atomic E-state index is 12.1. The molecule has 1 heterocycles. The van der Waals surface area contributed by atoms with E-state index < -0.39 is 0 Å². The number of aromatic nitrogens is 2. The average molecular weight is 390 g/mol. The van der Waals surface area contributed by atoms with Gasteiger partial charge in [-0.25, -0.2) is 0 Å². The molecule has 7 heteroatoms. The molecular weight excluding hydrogens is 373 g/mol. The lowest BCUT2D eigenvalue weighted by molar-refractivity contribution is -0.118. The highest BCUT2D eigenvalue weighted by atomic mass is 35.5. The van der Waals surface area contributed by atoms with Crippen molar-refractivity contribution in [2.75, 3.05) is 11.9 Å². The van der Waals surface area contributed by atoms with Crippen LogP contribution in [0.3, 0.4) is 0 Å². The third-order valence-electron chi connectivity index (χ3n) is 3.69. The zero-order valence-corrected chi connectivity index (χ0v) is 15.6. The molecule has 1 aromatic heterocycles. The minimum atomic E-state index is -0.327. The first-order chi connectivity index (χ1) is 12.5. The number of ether oxygens (including phenoxy) is 1. The van der Waals surface area contributed by atoms with Crippen molar-refractivity contribution >= 4 is 34.9 Å². The standard InChI is InChI=1S/C19H17Cl2N3O2/c1-13-4-2-3-5-17(13)26-12-18(25)22-19-16(21)11-24(23-19)10-14-6-8-15(20)9-7-14/h2-9,11H,10,12H2,1H3,(H,22,23,25). The van der Waals surface area contributed by atoms with E-state index in [2.05, 4.69) is 10.4 Å². The van der Waals surface area contributed by atoms with Crippen LogP contribution in [0, 0.1) is 6.92 Å². The summed E-state index contributed by atoms with van der Waals surface area (Å²) in [5.41, 5.74) is 1.99. The van der Waals surface area contributed by atoms with E-state index >= 15 is 0 Å². The first kappa shape index (κ1) is 18.3. The number of halogens is 2. The number of nitrogens with zero attached hydrogens (tertiary/aromatic N) is 2. The minimum absolute atomic E-state index is 0.120. The van der Waals surface area contributed by atoms with Gasteiger partial charge in [0.15, 0.2) is 12.4 Å². The lowest BCUT2D eigenvalue weighted by Gasteiger charge is -2.08. The minimum Gasteiger partial charge on any atom is -0.483 e. The van der Waals surface area contributed by atoms with Gasteiger partial charge >= 0.3 is 0 Å². The van der Waals surface area contributed by atoms with E-state index in [1.54, 1.807) is 10.9 Å². The highest BCUT2D eigenvalue weighted by Gasteiger charge is 2.12. The van der Waals surface area contributed by atoms with Crippen molar-refractivity contribution in [1.29, 1.82) is 0 Å². The van der Waals surface area contributed by atoms with Gasteiger partial charge in [-0.05, 0) is 36.2 Å². The van der Waals surface area contributed by atoms with Gasteiger partial charge < -0.3 is 10.1 Å². The Balaban J connectivity index is 1.59. The molecule has 0 aliphatic carbocycles. The van der Waals surface area contributed by atoms with E-state index in [4.69, 9.17) is 27.9 Å². The maximum absolute atomic E-state index is 12.1. The van der Waals surface area contributed by atoms with Crippen molar-refractivity contribution in [3.63, 3.8) is 0 Å². The van der Waals surface area contributed by atoms with Gasteiger partial charge in [-0.15, -0.1) is 0 Å². The smallest absolute Gasteiger partial charge is 0.263 e. The predicted octanol–water partition coefficient (Wildman–Crippen LogP) is 4.56. The van der Waals surface area contributed by atoms with Crippen LogP contribution < -0.4 is 10.1 Å².